The zero-order valence-electron chi connectivity index (χ0n) is 32.1. The molecule has 16 heteroatoms. The largest absolute Gasteiger partial charge is 0.269 e. The summed E-state index contributed by atoms with van der Waals surface area (Å²) in [5, 5.41) is 40.7. The van der Waals surface area contributed by atoms with Crippen molar-refractivity contribution < 1.29 is 27.0 Å². The molecule has 0 aliphatic carbocycles. The number of rotatable bonds is 14. The van der Waals surface area contributed by atoms with Gasteiger partial charge >= 0.3 is 0 Å². The molecule has 12 nitrogen and oxygen atoms in total. The Morgan fingerprint density at radius 1 is 0.615 bits per heavy atom. The van der Waals surface area contributed by atoms with Crippen LogP contribution < -0.4 is 9.44 Å². The molecule has 52 heavy (non-hydrogen) atoms. The van der Waals surface area contributed by atoms with Gasteiger partial charge in [0, 0.05) is 35.4 Å². The van der Waals surface area contributed by atoms with Crippen LogP contribution in [0.5, 0.6) is 0 Å². The third-order valence-electron chi connectivity index (χ3n) is 8.36. The number of halogens is 2. The van der Waals surface area contributed by atoms with Crippen molar-refractivity contribution in [2.45, 2.75) is 129 Å². The molecule has 0 unspecified atom stereocenters. The van der Waals surface area contributed by atoms with E-state index in [1.807, 2.05) is 0 Å². The molecule has 0 aliphatic heterocycles. The summed E-state index contributed by atoms with van der Waals surface area (Å²) in [6.45, 7) is 21.0. The molecule has 0 amide bonds. The van der Waals surface area contributed by atoms with Crippen LogP contribution in [0.25, 0.3) is 0 Å². The summed E-state index contributed by atoms with van der Waals surface area (Å²) in [5.41, 5.74) is -3.95. The van der Waals surface area contributed by atoms with Crippen molar-refractivity contribution in [3.63, 3.8) is 0 Å². The minimum absolute atomic E-state index is 0.0676. The molecule has 2 aromatic carbocycles. The highest BCUT2D eigenvalue weighted by Gasteiger charge is 2.38. The van der Waals surface area contributed by atoms with E-state index in [2.05, 4.69) is 21.6 Å². The van der Waals surface area contributed by atoms with E-state index in [0.29, 0.717) is 12.8 Å². The lowest BCUT2D eigenvalue weighted by atomic mass is 9.80. The maximum Gasteiger partial charge on any atom is 0.269 e. The Morgan fingerprint density at radius 3 is 1.13 bits per heavy atom. The number of nitriles is 2. The third kappa shape index (κ3) is 13.4. The van der Waals surface area contributed by atoms with E-state index >= 15 is 0 Å². The number of hydrogen-bond donors (Lipinski definition) is 2. The summed E-state index contributed by atoms with van der Waals surface area (Å²) in [4.78, 5) is 21.0. The van der Waals surface area contributed by atoms with E-state index in [0.717, 1.165) is 24.3 Å². The monoisotopic (exact) mass is 766 g/mol. The van der Waals surface area contributed by atoms with Crippen molar-refractivity contribution in [3.8, 4) is 12.1 Å². The van der Waals surface area contributed by atoms with Crippen molar-refractivity contribution in [1.29, 1.82) is 10.5 Å². The van der Waals surface area contributed by atoms with E-state index in [9.17, 15) is 48.0 Å². The quantitative estimate of drug-likeness (QED) is 0.141. The number of nitrogens with zero attached hydrogens (tertiary/aromatic N) is 4. The zero-order chi connectivity index (χ0) is 40.7. The van der Waals surface area contributed by atoms with Gasteiger partial charge in [0.1, 0.15) is 11.6 Å². The van der Waals surface area contributed by atoms with Crippen LogP contribution in [0.1, 0.15) is 120 Å². The molecule has 2 N–H and O–H groups in total. The minimum Gasteiger partial charge on any atom is -0.258 e. The van der Waals surface area contributed by atoms with Crippen LogP contribution in [0.2, 0.25) is 0 Å². The van der Waals surface area contributed by atoms with E-state index in [4.69, 9.17) is 0 Å². The van der Waals surface area contributed by atoms with Gasteiger partial charge in [-0.05, 0) is 121 Å². The van der Waals surface area contributed by atoms with Gasteiger partial charge in [0.25, 0.3) is 11.4 Å². The van der Waals surface area contributed by atoms with Crippen molar-refractivity contribution in [3.05, 3.63) is 79.4 Å². The second-order valence-electron chi connectivity index (χ2n) is 16.5. The Hall–Kier alpha value is -3.70. The van der Waals surface area contributed by atoms with Crippen molar-refractivity contribution >= 4 is 33.3 Å². The Morgan fingerprint density at radius 2 is 0.904 bits per heavy atom. The first-order valence-electron chi connectivity index (χ1n) is 16.5. The molecule has 0 aromatic heterocycles. The van der Waals surface area contributed by atoms with Crippen LogP contribution in [0.4, 0.5) is 20.2 Å². The predicted octanol–water partition coefficient (Wildman–Crippen LogP) is 8.66. The Kier molecular flexibility index (Phi) is 15.5. The fraction of sp³-hybridized carbons (Fsp3) is 0.611. The van der Waals surface area contributed by atoms with Gasteiger partial charge in [-0.2, -0.15) is 10.5 Å². The average Bonchev–Trinajstić information content (AvgIpc) is 3.02. The molecule has 0 fully saturated rings. The van der Waals surface area contributed by atoms with Crippen molar-refractivity contribution in [1.82, 2.24) is 9.44 Å². The van der Waals surface area contributed by atoms with Crippen molar-refractivity contribution in [2.75, 3.05) is 0 Å². The summed E-state index contributed by atoms with van der Waals surface area (Å²) in [6.07, 6.45) is 1.37. The molecule has 0 heterocycles. The van der Waals surface area contributed by atoms with Gasteiger partial charge in [0.05, 0.1) is 75.4 Å². The summed E-state index contributed by atoms with van der Waals surface area (Å²) in [7, 11) is -3.06. The SMILES string of the molecule is CC(C)(C#N)CC[C@@](C)(N[S@](=O)C(C)(C)C)c1cc([N+](=O)[O-])ccc1F.CC(C)(C#N)CC[C@](C)(N[S@](=O)C(C)(C)C)c1cc([N+](=O)[O-])ccc1F. The van der Waals surface area contributed by atoms with Crippen LogP contribution in [0.15, 0.2) is 36.4 Å². The van der Waals surface area contributed by atoms with Gasteiger partial charge in [-0.3, -0.25) is 20.2 Å². The van der Waals surface area contributed by atoms with Crippen molar-refractivity contribution in [2.24, 2.45) is 10.8 Å². The maximum absolute atomic E-state index is 14.6. The first-order chi connectivity index (χ1) is 23.4. The average molecular weight is 767 g/mol. The van der Waals surface area contributed by atoms with Crippen LogP contribution >= 0.6 is 0 Å². The molecule has 288 valence electrons. The highest BCUT2D eigenvalue weighted by atomic mass is 32.2. The Balaban J connectivity index is 0.000000520. The molecule has 2 rings (SSSR count). The first kappa shape index (κ1) is 46.3. The number of hydrogen-bond acceptors (Lipinski definition) is 8. The molecule has 4 atom stereocenters. The highest BCUT2D eigenvalue weighted by Crippen LogP contribution is 2.37. The number of nitro benzene ring substituents is 2. The van der Waals surface area contributed by atoms with Gasteiger partial charge in [0.15, 0.2) is 0 Å². The maximum atomic E-state index is 14.6. The summed E-state index contributed by atoms with van der Waals surface area (Å²) in [6, 6.07) is 11.0. The van der Waals surface area contributed by atoms with E-state index < -0.39 is 74.9 Å². The summed E-state index contributed by atoms with van der Waals surface area (Å²) < 4.78 is 59.1. The number of nitro groups is 2. The predicted molar refractivity (Wildman–Crippen MR) is 200 cm³/mol. The first-order valence-corrected chi connectivity index (χ1v) is 18.8. The summed E-state index contributed by atoms with van der Waals surface area (Å²) in [5.74, 6) is -1.24. The van der Waals surface area contributed by atoms with Crippen LogP contribution in [0.3, 0.4) is 0 Å². The molecular formula is C36H52F2N6O6S2. The molecular weight excluding hydrogens is 715 g/mol. The minimum atomic E-state index is -1.53. The molecule has 0 aliphatic rings. The van der Waals surface area contributed by atoms with Crippen LogP contribution in [-0.4, -0.2) is 27.8 Å². The van der Waals surface area contributed by atoms with E-state index in [1.54, 1.807) is 83.1 Å². The van der Waals surface area contributed by atoms with Gasteiger partial charge in [0.2, 0.25) is 0 Å². The molecule has 0 spiro atoms. The van der Waals surface area contributed by atoms with Gasteiger partial charge in [-0.15, -0.1) is 0 Å². The molecule has 0 saturated carbocycles. The molecule has 0 bridgehead atoms. The normalized spacial score (nSPS) is 15.8. The zero-order valence-corrected chi connectivity index (χ0v) is 33.7. The highest BCUT2D eigenvalue weighted by molar-refractivity contribution is 7.84. The van der Waals surface area contributed by atoms with Crippen LogP contribution in [-0.2, 0) is 33.0 Å². The smallest absolute Gasteiger partial charge is 0.258 e. The molecule has 0 saturated heterocycles. The second-order valence-corrected chi connectivity index (χ2v) is 20.4. The lowest BCUT2D eigenvalue weighted by molar-refractivity contribution is -0.385. The van der Waals surface area contributed by atoms with E-state index in [-0.39, 0.29) is 35.3 Å². The Labute approximate surface area is 311 Å². The van der Waals surface area contributed by atoms with E-state index in [1.165, 1.54) is 12.1 Å². The third-order valence-corrected chi connectivity index (χ3v) is 11.9. The molecule has 0 radical (unpaired) electrons. The summed E-state index contributed by atoms with van der Waals surface area (Å²) >= 11 is 0. The lowest BCUT2D eigenvalue weighted by Crippen LogP contribution is -2.47. The van der Waals surface area contributed by atoms with Gasteiger partial charge in [-0.25, -0.2) is 26.6 Å². The number of benzene rings is 2. The van der Waals surface area contributed by atoms with Gasteiger partial charge < -0.3 is 0 Å². The fourth-order valence-electron chi connectivity index (χ4n) is 4.53. The van der Waals surface area contributed by atoms with Gasteiger partial charge in [-0.1, -0.05) is 0 Å². The second kappa shape index (κ2) is 17.4. The molecule has 2 aromatic rings. The van der Waals surface area contributed by atoms with Crippen LogP contribution in [0, 0.1) is 65.4 Å². The topological polar surface area (TPSA) is 192 Å². The number of nitrogens with one attached hydrogen (secondary N) is 2. The Bertz CT molecular complexity index is 1630. The number of non-ortho nitro benzene ring substituents is 2. The standard InChI is InChI=1S/2C18H26FN3O3S/c2*1-16(2,3)26(25)21-18(6,10-9-17(4,5)12-20)14-11-13(22(23)24)7-8-15(14)19/h2*7-8,11,21H,9-10H2,1-6H3/t18-,26+;18-,26-/m01/s1. The fourth-order valence-corrected chi connectivity index (χ4v) is 6.39. The lowest BCUT2D eigenvalue weighted by Gasteiger charge is -2.35.